The van der Waals surface area contributed by atoms with E-state index in [-0.39, 0.29) is 22.3 Å². The van der Waals surface area contributed by atoms with Crippen molar-refractivity contribution in [3.8, 4) is 0 Å². The van der Waals surface area contributed by atoms with E-state index in [2.05, 4.69) is 11.9 Å². The van der Waals surface area contributed by atoms with E-state index in [9.17, 15) is 13.5 Å². The summed E-state index contributed by atoms with van der Waals surface area (Å²) in [5.74, 6) is 0.290. The highest BCUT2D eigenvalue weighted by Gasteiger charge is 2.46. The van der Waals surface area contributed by atoms with E-state index in [1.165, 1.54) is 23.9 Å². The maximum atomic E-state index is 11.9. The lowest BCUT2D eigenvalue weighted by atomic mass is 10.0. The van der Waals surface area contributed by atoms with Crippen LogP contribution in [-0.4, -0.2) is 31.0 Å². The van der Waals surface area contributed by atoms with Crippen molar-refractivity contribution in [2.75, 3.05) is 17.2 Å². The predicted octanol–water partition coefficient (Wildman–Crippen LogP) is 3.96. The van der Waals surface area contributed by atoms with Crippen LogP contribution in [0.3, 0.4) is 0 Å². The molecule has 1 fully saturated rings. The van der Waals surface area contributed by atoms with Gasteiger partial charge in [-0.05, 0) is 30.7 Å². The molecule has 2 aromatic rings. The van der Waals surface area contributed by atoms with Gasteiger partial charge in [-0.15, -0.1) is 12.4 Å². The molecule has 3 N–H and O–H groups in total. The number of nitrogens with zero attached hydrogens (tertiary/aromatic N) is 2. The van der Waals surface area contributed by atoms with Crippen LogP contribution in [-0.2, 0) is 15.7 Å². The molecular weight excluding hydrogens is 453 g/mol. The van der Waals surface area contributed by atoms with Crippen LogP contribution in [0, 0.1) is 0 Å². The van der Waals surface area contributed by atoms with Crippen LogP contribution < -0.4 is 10.0 Å². The fourth-order valence-electron chi connectivity index (χ4n) is 2.99. The van der Waals surface area contributed by atoms with Crippen LogP contribution in [0.2, 0.25) is 5.02 Å². The number of aliphatic hydroxyl groups is 1. The zero-order valence-electron chi connectivity index (χ0n) is 15.8. The molecular formula is C19H23Cl2N3O3S2. The van der Waals surface area contributed by atoms with Gasteiger partial charge in [0, 0.05) is 17.8 Å². The second-order valence-corrected chi connectivity index (χ2v) is 9.36. The molecule has 29 heavy (non-hydrogen) atoms. The Kier molecular flexibility index (Phi) is 8.00. The molecule has 10 heteroatoms. The number of halogens is 2. The lowest BCUT2D eigenvalue weighted by Gasteiger charge is -2.35. The summed E-state index contributed by atoms with van der Waals surface area (Å²) in [6, 6.07) is 13.8. The number of amidine groups is 1. The first kappa shape index (κ1) is 24.0. The quantitative estimate of drug-likeness (QED) is 0.616. The first-order valence-corrected chi connectivity index (χ1v) is 11.8. The number of benzene rings is 2. The normalized spacial score (nSPS) is 20.7. The number of anilines is 1. The lowest BCUT2D eigenvalue weighted by molar-refractivity contribution is 0.0765. The summed E-state index contributed by atoms with van der Waals surface area (Å²) in [6.45, 7) is 2.75. The topological polar surface area (TPSA) is 96.0 Å². The molecule has 0 saturated carbocycles. The van der Waals surface area contributed by atoms with Crippen molar-refractivity contribution < 1.29 is 13.5 Å². The number of hydrogen-bond donors (Lipinski definition) is 2. The summed E-state index contributed by atoms with van der Waals surface area (Å²) in [4.78, 5) is 6.18. The number of unbranched alkanes of at least 4 members (excludes halogenated alkanes) is 1. The number of primary sulfonamides is 1. The van der Waals surface area contributed by atoms with Gasteiger partial charge in [0.15, 0.2) is 10.9 Å². The Labute approximate surface area is 186 Å². The Bertz CT molecular complexity index is 987. The van der Waals surface area contributed by atoms with Crippen molar-refractivity contribution in [3.05, 3.63) is 59.1 Å². The molecule has 1 atom stereocenters. The SMILES string of the molecule is CCCCN=C1SCC(O)(c2ccc(Cl)c(S(N)(=O)=O)c2)N1c1ccccc1.Cl. The zero-order valence-corrected chi connectivity index (χ0v) is 19.0. The number of sulfonamides is 1. The van der Waals surface area contributed by atoms with Crippen LogP contribution in [0.4, 0.5) is 5.69 Å². The maximum absolute atomic E-state index is 11.9. The predicted molar refractivity (Wildman–Crippen MR) is 123 cm³/mol. The van der Waals surface area contributed by atoms with Gasteiger partial charge in [-0.1, -0.05) is 61.0 Å². The summed E-state index contributed by atoms with van der Waals surface area (Å²) < 4.78 is 23.8. The molecule has 1 unspecified atom stereocenters. The minimum Gasteiger partial charge on any atom is -0.366 e. The van der Waals surface area contributed by atoms with Gasteiger partial charge < -0.3 is 5.11 Å². The van der Waals surface area contributed by atoms with Crippen LogP contribution >= 0.6 is 35.8 Å². The largest absolute Gasteiger partial charge is 0.366 e. The van der Waals surface area contributed by atoms with Gasteiger partial charge in [-0.3, -0.25) is 9.89 Å². The second-order valence-electron chi connectivity index (χ2n) is 6.48. The molecule has 0 aromatic heterocycles. The highest BCUT2D eigenvalue weighted by atomic mass is 35.5. The number of hydrogen-bond acceptors (Lipinski definition) is 5. The molecule has 2 aromatic carbocycles. The third-order valence-corrected chi connectivity index (χ3v) is 6.95. The number of para-hydroxylation sites is 1. The minimum absolute atomic E-state index is 0. The van der Waals surface area contributed by atoms with Crippen molar-refractivity contribution in [3.63, 3.8) is 0 Å². The van der Waals surface area contributed by atoms with Gasteiger partial charge in [0.1, 0.15) is 4.90 Å². The third kappa shape index (κ3) is 5.07. The monoisotopic (exact) mass is 475 g/mol. The summed E-state index contributed by atoms with van der Waals surface area (Å²) in [6.07, 6.45) is 1.97. The molecule has 0 radical (unpaired) electrons. The number of nitrogens with two attached hydrogens (primary N) is 1. The van der Waals surface area contributed by atoms with Crippen molar-refractivity contribution in [2.24, 2.45) is 10.1 Å². The van der Waals surface area contributed by atoms with E-state index in [1.807, 2.05) is 30.3 Å². The summed E-state index contributed by atoms with van der Waals surface area (Å²) in [5, 5.41) is 17.6. The molecule has 0 amide bonds. The van der Waals surface area contributed by atoms with Crippen molar-refractivity contribution >= 4 is 56.6 Å². The molecule has 1 aliphatic rings. The first-order valence-electron chi connectivity index (χ1n) is 8.85. The fourth-order valence-corrected chi connectivity index (χ4v) is 5.25. The van der Waals surface area contributed by atoms with E-state index in [1.54, 1.807) is 11.0 Å². The Morgan fingerprint density at radius 2 is 1.97 bits per heavy atom. The standard InChI is InChI=1S/C19H22ClN3O3S2.ClH/c1-2-3-11-22-18-23(15-7-5-4-6-8-15)19(24,13-27-18)14-9-10-16(20)17(12-14)28(21,25)26;/h4-10,12,24H,2-3,11,13H2,1H3,(H2,21,25,26);1H. The van der Waals surface area contributed by atoms with E-state index in [0.717, 1.165) is 18.5 Å². The van der Waals surface area contributed by atoms with E-state index in [0.29, 0.717) is 23.0 Å². The summed E-state index contributed by atoms with van der Waals surface area (Å²) in [7, 11) is -4.02. The molecule has 1 aliphatic heterocycles. The average molecular weight is 476 g/mol. The maximum Gasteiger partial charge on any atom is 0.239 e. The van der Waals surface area contributed by atoms with E-state index in [4.69, 9.17) is 16.7 Å². The van der Waals surface area contributed by atoms with Crippen LogP contribution in [0.15, 0.2) is 58.4 Å². The molecule has 1 heterocycles. The fraction of sp³-hybridized carbons (Fsp3) is 0.316. The molecule has 158 valence electrons. The van der Waals surface area contributed by atoms with Crippen LogP contribution in [0.1, 0.15) is 25.3 Å². The highest BCUT2D eigenvalue weighted by molar-refractivity contribution is 8.14. The van der Waals surface area contributed by atoms with Crippen LogP contribution in [0.25, 0.3) is 0 Å². The zero-order chi connectivity index (χ0) is 20.4. The lowest BCUT2D eigenvalue weighted by Crippen LogP contribution is -2.45. The summed E-state index contributed by atoms with van der Waals surface area (Å²) in [5.41, 5.74) is -0.337. The van der Waals surface area contributed by atoms with Crippen molar-refractivity contribution in [2.45, 2.75) is 30.4 Å². The van der Waals surface area contributed by atoms with Gasteiger partial charge in [0.2, 0.25) is 10.0 Å². The highest BCUT2D eigenvalue weighted by Crippen LogP contribution is 2.43. The molecule has 0 spiro atoms. The van der Waals surface area contributed by atoms with E-state index >= 15 is 0 Å². The van der Waals surface area contributed by atoms with Crippen molar-refractivity contribution in [1.82, 2.24) is 0 Å². The third-order valence-electron chi connectivity index (χ3n) is 4.44. The Hall–Kier alpha value is -1.29. The van der Waals surface area contributed by atoms with Gasteiger partial charge in [-0.2, -0.15) is 0 Å². The molecule has 0 bridgehead atoms. The molecule has 0 aliphatic carbocycles. The Balaban J connectivity index is 0.00000300. The van der Waals surface area contributed by atoms with Gasteiger partial charge in [0.05, 0.1) is 10.8 Å². The average Bonchev–Trinajstić information content (AvgIpc) is 2.99. The molecule has 6 nitrogen and oxygen atoms in total. The molecule has 1 saturated heterocycles. The summed E-state index contributed by atoms with van der Waals surface area (Å²) >= 11 is 7.44. The smallest absolute Gasteiger partial charge is 0.239 e. The van der Waals surface area contributed by atoms with Crippen molar-refractivity contribution in [1.29, 1.82) is 0 Å². The minimum atomic E-state index is -4.02. The Morgan fingerprint density at radius 1 is 1.28 bits per heavy atom. The van der Waals surface area contributed by atoms with Gasteiger partial charge >= 0.3 is 0 Å². The second kappa shape index (κ2) is 9.68. The number of rotatable bonds is 6. The first-order chi connectivity index (χ1) is 13.3. The Morgan fingerprint density at radius 3 is 2.59 bits per heavy atom. The number of aliphatic imine (C=N–C) groups is 1. The van der Waals surface area contributed by atoms with Gasteiger partial charge in [0.25, 0.3) is 0 Å². The molecule has 3 rings (SSSR count). The van der Waals surface area contributed by atoms with Crippen LogP contribution in [0.5, 0.6) is 0 Å². The van der Waals surface area contributed by atoms with E-state index < -0.39 is 15.7 Å². The number of thioether (sulfide) groups is 1. The van der Waals surface area contributed by atoms with Gasteiger partial charge in [-0.25, -0.2) is 13.6 Å².